The maximum absolute atomic E-state index is 12.6. The summed E-state index contributed by atoms with van der Waals surface area (Å²) in [7, 11) is -3.70. The highest BCUT2D eigenvalue weighted by Crippen LogP contribution is 2.47. The first kappa shape index (κ1) is 16.9. The topological polar surface area (TPSA) is 102 Å². The molecular formula is C15H25N3O4S. The highest BCUT2D eigenvalue weighted by Gasteiger charge is 2.60. The minimum Gasteiger partial charge on any atom is -0.379 e. The lowest BCUT2D eigenvalue weighted by Gasteiger charge is -2.28. The Kier molecular flexibility index (Phi) is 4.29. The first-order valence-corrected chi connectivity index (χ1v) is 9.60. The van der Waals surface area contributed by atoms with Crippen molar-refractivity contribution in [3.63, 3.8) is 0 Å². The van der Waals surface area contributed by atoms with Crippen molar-refractivity contribution in [2.75, 3.05) is 32.8 Å². The Morgan fingerprint density at radius 3 is 2.57 bits per heavy atom. The number of rotatable bonds is 7. The van der Waals surface area contributed by atoms with Gasteiger partial charge in [0.1, 0.15) is 5.54 Å². The molecule has 0 radical (unpaired) electrons. The fraction of sp³-hybridized carbons (Fsp3) is 0.800. The standard InChI is InChI=1S/C15H25N3O4S/c1-2-12-11-15(12,16)13(19)17-23(20,21)14(3-4-14)5-6-18-7-9-22-10-8-18/h2,12H,1,3-11,16H2,(H,17,19)/t12?,15-/m1/s1. The van der Waals surface area contributed by atoms with Gasteiger partial charge >= 0.3 is 0 Å². The van der Waals surface area contributed by atoms with Gasteiger partial charge in [0.2, 0.25) is 10.0 Å². The molecule has 3 aliphatic rings. The van der Waals surface area contributed by atoms with E-state index in [0.717, 1.165) is 13.1 Å². The Morgan fingerprint density at radius 1 is 1.39 bits per heavy atom. The summed E-state index contributed by atoms with van der Waals surface area (Å²) < 4.78 is 31.9. The Labute approximate surface area is 137 Å². The third kappa shape index (κ3) is 3.17. The summed E-state index contributed by atoms with van der Waals surface area (Å²) in [6.07, 6.45) is 3.80. The van der Waals surface area contributed by atoms with Gasteiger partial charge < -0.3 is 10.5 Å². The fourth-order valence-corrected chi connectivity index (χ4v) is 4.81. The normalized spacial score (nSPS) is 33.0. The van der Waals surface area contributed by atoms with Crippen LogP contribution in [0.4, 0.5) is 0 Å². The summed E-state index contributed by atoms with van der Waals surface area (Å²) in [6, 6.07) is 0. The molecular weight excluding hydrogens is 318 g/mol. The molecule has 3 fully saturated rings. The molecule has 23 heavy (non-hydrogen) atoms. The highest BCUT2D eigenvalue weighted by atomic mass is 32.2. The van der Waals surface area contributed by atoms with Crippen molar-refractivity contribution < 1.29 is 17.9 Å². The average Bonchev–Trinajstić information content (AvgIpc) is 3.42. The van der Waals surface area contributed by atoms with Crippen LogP contribution in [0.2, 0.25) is 0 Å². The van der Waals surface area contributed by atoms with E-state index >= 15 is 0 Å². The molecule has 7 nitrogen and oxygen atoms in total. The zero-order valence-electron chi connectivity index (χ0n) is 13.3. The number of ether oxygens (including phenoxy) is 1. The molecule has 1 heterocycles. The number of hydrogen-bond acceptors (Lipinski definition) is 6. The lowest BCUT2D eigenvalue weighted by molar-refractivity contribution is -0.121. The molecule has 0 spiro atoms. The van der Waals surface area contributed by atoms with Gasteiger partial charge in [-0.15, -0.1) is 6.58 Å². The molecule has 0 aromatic carbocycles. The third-order valence-corrected chi connectivity index (χ3v) is 7.57. The summed E-state index contributed by atoms with van der Waals surface area (Å²) in [4.78, 5) is 14.4. The summed E-state index contributed by atoms with van der Waals surface area (Å²) in [5.41, 5.74) is 4.83. The Balaban J connectivity index is 1.58. The van der Waals surface area contributed by atoms with Gasteiger partial charge in [0.15, 0.2) is 0 Å². The lowest BCUT2D eigenvalue weighted by atomic mass is 10.2. The van der Waals surface area contributed by atoms with E-state index in [1.54, 1.807) is 6.08 Å². The van der Waals surface area contributed by atoms with Gasteiger partial charge in [-0.1, -0.05) is 6.08 Å². The molecule has 1 aliphatic heterocycles. The molecule has 0 aromatic rings. The smallest absolute Gasteiger partial charge is 0.254 e. The SMILES string of the molecule is C=CC1C[C@]1(N)C(=O)NS(=O)(=O)C1(CCN2CCOCC2)CC1. The van der Waals surface area contributed by atoms with Crippen LogP contribution in [0.25, 0.3) is 0 Å². The number of amides is 1. The van der Waals surface area contributed by atoms with Gasteiger partial charge in [-0.2, -0.15) is 0 Å². The van der Waals surface area contributed by atoms with Gasteiger partial charge in [-0.25, -0.2) is 8.42 Å². The summed E-state index contributed by atoms with van der Waals surface area (Å²) in [5.74, 6) is -0.735. The predicted octanol–water partition coefficient (Wildman–Crippen LogP) is -0.409. The summed E-state index contributed by atoms with van der Waals surface area (Å²) in [6.45, 7) is 7.36. The van der Waals surface area contributed by atoms with E-state index < -0.39 is 26.2 Å². The van der Waals surface area contributed by atoms with Gasteiger partial charge in [-0.3, -0.25) is 14.4 Å². The first-order chi connectivity index (χ1) is 10.8. The van der Waals surface area contributed by atoms with Gasteiger partial charge in [0.25, 0.3) is 5.91 Å². The maximum atomic E-state index is 12.6. The van der Waals surface area contributed by atoms with Crippen LogP contribution in [0.15, 0.2) is 12.7 Å². The Morgan fingerprint density at radius 2 is 2.04 bits per heavy atom. The Hall–Kier alpha value is -0.960. The quantitative estimate of drug-likeness (QED) is 0.610. The largest absolute Gasteiger partial charge is 0.379 e. The second kappa shape index (κ2) is 5.84. The van der Waals surface area contributed by atoms with Crippen LogP contribution in [0.1, 0.15) is 25.7 Å². The summed E-state index contributed by atoms with van der Waals surface area (Å²) >= 11 is 0. The van der Waals surface area contributed by atoms with Crippen LogP contribution in [0.3, 0.4) is 0 Å². The van der Waals surface area contributed by atoms with E-state index in [1.165, 1.54) is 0 Å². The molecule has 0 bridgehead atoms. The maximum Gasteiger partial charge on any atom is 0.254 e. The number of carbonyl (C=O) groups excluding carboxylic acids is 1. The van der Waals surface area contributed by atoms with Gasteiger partial charge in [0, 0.05) is 19.0 Å². The van der Waals surface area contributed by atoms with E-state index in [2.05, 4.69) is 16.2 Å². The van der Waals surface area contributed by atoms with Crippen LogP contribution < -0.4 is 10.5 Å². The zero-order chi connectivity index (χ0) is 16.7. The molecule has 1 saturated heterocycles. The highest BCUT2D eigenvalue weighted by molar-refractivity contribution is 7.91. The first-order valence-electron chi connectivity index (χ1n) is 8.11. The van der Waals surface area contributed by atoms with Gasteiger partial charge in [-0.05, 0) is 32.2 Å². The molecule has 2 aliphatic carbocycles. The molecule has 130 valence electrons. The molecule has 2 saturated carbocycles. The number of hydrogen-bond donors (Lipinski definition) is 2. The van der Waals surface area contributed by atoms with E-state index in [-0.39, 0.29) is 5.92 Å². The van der Waals surface area contributed by atoms with Crippen molar-refractivity contribution in [1.82, 2.24) is 9.62 Å². The number of nitrogens with one attached hydrogen (secondary N) is 1. The molecule has 2 atom stereocenters. The van der Waals surface area contributed by atoms with E-state index in [1.807, 2.05) is 0 Å². The van der Waals surface area contributed by atoms with Crippen LogP contribution in [-0.2, 0) is 19.6 Å². The van der Waals surface area contributed by atoms with Crippen LogP contribution in [0, 0.1) is 5.92 Å². The number of nitrogens with two attached hydrogens (primary N) is 1. The van der Waals surface area contributed by atoms with E-state index in [0.29, 0.717) is 45.4 Å². The number of sulfonamides is 1. The molecule has 3 N–H and O–H groups in total. The second-order valence-electron chi connectivity index (χ2n) is 6.91. The van der Waals surface area contributed by atoms with E-state index in [4.69, 9.17) is 10.5 Å². The minimum absolute atomic E-state index is 0.138. The minimum atomic E-state index is -3.70. The molecule has 8 heteroatoms. The molecule has 3 rings (SSSR count). The third-order valence-electron chi connectivity index (χ3n) is 5.36. The molecule has 1 amide bonds. The second-order valence-corrected chi connectivity index (χ2v) is 8.99. The molecule has 1 unspecified atom stereocenters. The lowest BCUT2D eigenvalue weighted by Crippen LogP contribution is -2.50. The van der Waals surface area contributed by atoms with Crippen molar-refractivity contribution in [3.05, 3.63) is 12.7 Å². The van der Waals surface area contributed by atoms with Crippen molar-refractivity contribution in [1.29, 1.82) is 0 Å². The van der Waals surface area contributed by atoms with Crippen molar-refractivity contribution in [3.8, 4) is 0 Å². The van der Waals surface area contributed by atoms with E-state index in [9.17, 15) is 13.2 Å². The van der Waals surface area contributed by atoms with Crippen molar-refractivity contribution in [2.45, 2.75) is 36.0 Å². The Bertz CT molecular complexity index is 596. The average molecular weight is 343 g/mol. The number of nitrogens with zero attached hydrogens (tertiary/aromatic N) is 1. The van der Waals surface area contributed by atoms with Crippen molar-refractivity contribution >= 4 is 15.9 Å². The molecule has 0 aromatic heterocycles. The van der Waals surface area contributed by atoms with Crippen LogP contribution in [-0.4, -0.2) is 62.4 Å². The summed E-state index contributed by atoms with van der Waals surface area (Å²) in [5, 5.41) is 0. The van der Waals surface area contributed by atoms with Gasteiger partial charge in [0.05, 0.1) is 18.0 Å². The van der Waals surface area contributed by atoms with Crippen LogP contribution in [0.5, 0.6) is 0 Å². The van der Waals surface area contributed by atoms with Crippen molar-refractivity contribution in [2.24, 2.45) is 11.7 Å². The number of carbonyl (C=O) groups is 1. The van der Waals surface area contributed by atoms with Crippen LogP contribution >= 0.6 is 0 Å². The predicted molar refractivity (Wildman–Crippen MR) is 86.1 cm³/mol. The monoisotopic (exact) mass is 343 g/mol. The fourth-order valence-electron chi connectivity index (χ4n) is 3.16. The number of morpholine rings is 1. The zero-order valence-corrected chi connectivity index (χ0v) is 14.1.